The van der Waals surface area contributed by atoms with E-state index >= 15 is 0 Å². The van der Waals surface area contributed by atoms with Crippen molar-refractivity contribution in [2.75, 3.05) is 20.2 Å². The predicted octanol–water partition coefficient (Wildman–Crippen LogP) is 3.11. The minimum atomic E-state index is -0.413. The van der Waals surface area contributed by atoms with Gasteiger partial charge in [0.05, 0.1) is 13.2 Å². The first-order valence-corrected chi connectivity index (χ1v) is 7.58. The maximum Gasteiger partial charge on any atom is 0.122 e. The number of nitrogens with zero attached hydrogens (tertiary/aromatic N) is 1. The molecule has 1 rings (SSSR count). The molecule has 0 aliphatic rings. The Hall–Kier alpha value is -1.06. The summed E-state index contributed by atoms with van der Waals surface area (Å²) >= 11 is 0. The largest absolute Gasteiger partial charge is 0.496 e. The zero-order valence-corrected chi connectivity index (χ0v) is 13.5. The van der Waals surface area contributed by atoms with Gasteiger partial charge in [-0.25, -0.2) is 0 Å². The van der Waals surface area contributed by atoms with Gasteiger partial charge in [-0.15, -0.1) is 0 Å². The minimum Gasteiger partial charge on any atom is -0.496 e. The van der Waals surface area contributed by atoms with Crippen LogP contribution in [-0.2, 0) is 6.42 Å². The summed E-state index contributed by atoms with van der Waals surface area (Å²) < 4.78 is 5.38. The van der Waals surface area contributed by atoms with Crippen molar-refractivity contribution >= 4 is 0 Å². The van der Waals surface area contributed by atoms with Gasteiger partial charge in [0, 0.05) is 12.0 Å². The van der Waals surface area contributed by atoms with Crippen molar-refractivity contribution in [1.29, 1.82) is 0 Å². The summed E-state index contributed by atoms with van der Waals surface area (Å²) in [6, 6.07) is 7.92. The average molecular weight is 279 g/mol. The van der Waals surface area contributed by atoms with Crippen LogP contribution >= 0.6 is 0 Å². The predicted molar refractivity (Wildman–Crippen MR) is 84.3 cm³/mol. The number of aliphatic hydroxyl groups excluding tert-OH is 1. The molecule has 0 bridgehead atoms. The molecule has 0 aromatic heterocycles. The maximum atomic E-state index is 10.8. The first-order chi connectivity index (χ1) is 9.53. The monoisotopic (exact) mass is 279 g/mol. The van der Waals surface area contributed by atoms with Gasteiger partial charge in [-0.2, -0.15) is 0 Å². The molecule has 0 saturated heterocycles. The van der Waals surface area contributed by atoms with Crippen molar-refractivity contribution in [3.8, 4) is 5.75 Å². The minimum absolute atomic E-state index is 0.204. The summed E-state index contributed by atoms with van der Waals surface area (Å²) in [5, 5.41) is 10.8. The Bertz CT molecular complexity index is 404. The van der Waals surface area contributed by atoms with Crippen LogP contribution < -0.4 is 4.74 Å². The molecule has 0 saturated carbocycles. The second-order valence-electron chi connectivity index (χ2n) is 5.41. The molecule has 2 atom stereocenters. The molecule has 3 heteroatoms. The highest BCUT2D eigenvalue weighted by Crippen LogP contribution is 2.28. The van der Waals surface area contributed by atoms with E-state index in [9.17, 15) is 5.11 Å². The lowest BCUT2D eigenvalue weighted by Gasteiger charge is -2.43. The zero-order chi connectivity index (χ0) is 15.2. The van der Waals surface area contributed by atoms with Crippen LogP contribution in [0.15, 0.2) is 24.3 Å². The molecular weight excluding hydrogens is 250 g/mol. The van der Waals surface area contributed by atoms with Crippen LogP contribution in [0.4, 0.5) is 0 Å². The molecule has 2 unspecified atom stereocenters. The maximum absolute atomic E-state index is 10.8. The first-order valence-electron chi connectivity index (χ1n) is 7.58. The van der Waals surface area contributed by atoms with E-state index in [1.165, 1.54) is 0 Å². The number of likely N-dealkylation sites (N-methyl/N-ethyl adjacent to an activating group) is 1. The summed E-state index contributed by atoms with van der Waals surface area (Å²) in [4.78, 5) is 2.34. The molecule has 0 aliphatic heterocycles. The van der Waals surface area contributed by atoms with E-state index in [0.717, 1.165) is 30.8 Å². The van der Waals surface area contributed by atoms with Crippen LogP contribution in [0.5, 0.6) is 5.75 Å². The second kappa shape index (κ2) is 7.65. The number of benzene rings is 1. The van der Waals surface area contributed by atoms with Crippen LogP contribution in [0.3, 0.4) is 0 Å². The van der Waals surface area contributed by atoms with E-state index < -0.39 is 6.10 Å². The molecular formula is C17H29NO2. The number of para-hydroxylation sites is 1. The first kappa shape index (κ1) is 17.0. The van der Waals surface area contributed by atoms with Crippen LogP contribution in [0, 0.1) is 0 Å². The third-order valence-electron chi connectivity index (χ3n) is 4.53. The number of hydrogen-bond donors (Lipinski definition) is 1. The SMILES string of the molecule is CCN(CC)C(C)(CC)C(O)Cc1ccccc1OC. The normalized spacial score (nSPS) is 15.9. The van der Waals surface area contributed by atoms with Crippen LogP contribution in [-0.4, -0.2) is 41.8 Å². The van der Waals surface area contributed by atoms with E-state index in [4.69, 9.17) is 4.74 Å². The van der Waals surface area contributed by atoms with Gasteiger partial charge < -0.3 is 9.84 Å². The van der Waals surface area contributed by atoms with E-state index in [-0.39, 0.29) is 5.54 Å². The van der Waals surface area contributed by atoms with Crippen LogP contribution in [0.2, 0.25) is 0 Å². The van der Waals surface area contributed by atoms with Gasteiger partial charge >= 0.3 is 0 Å². The van der Waals surface area contributed by atoms with Gasteiger partial charge in [-0.3, -0.25) is 4.90 Å². The lowest BCUT2D eigenvalue weighted by molar-refractivity contribution is -0.0192. The van der Waals surface area contributed by atoms with Gasteiger partial charge in [-0.05, 0) is 38.1 Å². The Morgan fingerprint density at radius 1 is 1.20 bits per heavy atom. The third-order valence-corrected chi connectivity index (χ3v) is 4.53. The Balaban J connectivity index is 2.94. The molecule has 0 aliphatic carbocycles. The highest BCUT2D eigenvalue weighted by molar-refractivity contribution is 5.34. The van der Waals surface area contributed by atoms with Crippen molar-refractivity contribution in [2.45, 2.75) is 52.2 Å². The van der Waals surface area contributed by atoms with Gasteiger partial charge in [0.2, 0.25) is 0 Å². The lowest BCUT2D eigenvalue weighted by atomic mass is 9.85. The van der Waals surface area contributed by atoms with Crippen molar-refractivity contribution < 1.29 is 9.84 Å². The number of ether oxygens (including phenoxy) is 1. The third kappa shape index (κ3) is 3.53. The fourth-order valence-corrected chi connectivity index (χ4v) is 2.92. The van der Waals surface area contributed by atoms with Gasteiger partial charge in [-0.1, -0.05) is 39.0 Å². The van der Waals surface area contributed by atoms with Gasteiger partial charge in [0.15, 0.2) is 0 Å². The topological polar surface area (TPSA) is 32.7 Å². The smallest absolute Gasteiger partial charge is 0.122 e. The number of aliphatic hydroxyl groups is 1. The van der Waals surface area contributed by atoms with Gasteiger partial charge in [0.25, 0.3) is 0 Å². The molecule has 0 amide bonds. The van der Waals surface area contributed by atoms with E-state index in [1.54, 1.807) is 7.11 Å². The molecule has 0 radical (unpaired) electrons. The fraction of sp³-hybridized carbons (Fsp3) is 0.647. The molecule has 1 aromatic carbocycles. The standard InChI is InChI=1S/C17H29NO2/c1-6-17(4,18(7-2)8-3)16(19)13-14-11-9-10-12-15(14)20-5/h9-12,16,19H,6-8,13H2,1-5H3. The molecule has 0 heterocycles. The molecule has 0 spiro atoms. The molecule has 114 valence electrons. The molecule has 1 N–H and O–H groups in total. The van der Waals surface area contributed by atoms with E-state index in [1.807, 2.05) is 24.3 Å². The summed E-state index contributed by atoms with van der Waals surface area (Å²) in [7, 11) is 1.68. The molecule has 3 nitrogen and oxygen atoms in total. The quantitative estimate of drug-likeness (QED) is 0.793. The Morgan fingerprint density at radius 2 is 1.80 bits per heavy atom. The van der Waals surface area contributed by atoms with Crippen molar-refractivity contribution in [2.24, 2.45) is 0 Å². The Labute approximate surface area is 123 Å². The summed E-state index contributed by atoms with van der Waals surface area (Å²) in [5.41, 5.74) is 0.860. The second-order valence-corrected chi connectivity index (χ2v) is 5.41. The Kier molecular flexibility index (Phi) is 6.50. The van der Waals surface area contributed by atoms with Crippen molar-refractivity contribution in [1.82, 2.24) is 4.90 Å². The highest BCUT2D eigenvalue weighted by atomic mass is 16.5. The summed E-state index contributed by atoms with van der Waals surface area (Å²) in [6.45, 7) is 10.5. The molecule has 1 aromatic rings. The van der Waals surface area contributed by atoms with Crippen molar-refractivity contribution in [3.05, 3.63) is 29.8 Å². The zero-order valence-electron chi connectivity index (χ0n) is 13.5. The van der Waals surface area contributed by atoms with Crippen molar-refractivity contribution in [3.63, 3.8) is 0 Å². The fourth-order valence-electron chi connectivity index (χ4n) is 2.92. The van der Waals surface area contributed by atoms with Crippen LogP contribution in [0.1, 0.15) is 39.7 Å². The lowest BCUT2D eigenvalue weighted by Crippen LogP contribution is -2.54. The van der Waals surface area contributed by atoms with Crippen LogP contribution in [0.25, 0.3) is 0 Å². The van der Waals surface area contributed by atoms with E-state index in [0.29, 0.717) is 6.42 Å². The highest BCUT2D eigenvalue weighted by Gasteiger charge is 2.36. The average Bonchev–Trinajstić information content (AvgIpc) is 2.48. The number of hydrogen-bond acceptors (Lipinski definition) is 3. The summed E-state index contributed by atoms with van der Waals surface area (Å²) in [5.74, 6) is 0.851. The molecule has 0 fully saturated rings. The Morgan fingerprint density at radius 3 is 2.30 bits per heavy atom. The summed E-state index contributed by atoms with van der Waals surface area (Å²) in [6.07, 6.45) is 1.12. The van der Waals surface area contributed by atoms with E-state index in [2.05, 4.69) is 32.6 Å². The number of methoxy groups -OCH3 is 1. The molecule has 20 heavy (non-hydrogen) atoms. The van der Waals surface area contributed by atoms with Gasteiger partial charge in [0.1, 0.15) is 5.75 Å². The number of rotatable bonds is 8.